The van der Waals surface area contributed by atoms with E-state index in [0.717, 1.165) is 17.7 Å². The molecule has 1 aromatic heterocycles. The first-order chi connectivity index (χ1) is 8.74. The molecule has 3 heteroatoms. The minimum atomic E-state index is 0.145. The molecule has 0 aliphatic carbocycles. The summed E-state index contributed by atoms with van der Waals surface area (Å²) in [6, 6.07) is 10.3. The van der Waals surface area contributed by atoms with E-state index in [1.54, 1.807) is 11.3 Å². The molecule has 0 spiro atoms. The fourth-order valence-corrected chi connectivity index (χ4v) is 3.01. The van der Waals surface area contributed by atoms with Crippen molar-refractivity contribution >= 4 is 22.9 Å². The Morgan fingerprint density at radius 2 is 2.17 bits per heavy atom. The molecule has 0 aliphatic heterocycles. The lowest BCUT2D eigenvalue weighted by molar-refractivity contribution is 0.205. The number of alkyl halides is 1. The molecular weight excluding hydrogens is 264 g/mol. The molecule has 0 bridgehead atoms. The molecule has 1 aromatic carbocycles. The SMILES string of the molecule is CC[C@H](Oc1ccc(CCl)c(C)c1)c1cccs1. The third-order valence-electron chi connectivity index (χ3n) is 2.97. The second-order valence-corrected chi connectivity index (χ2v) is 5.50. The third-order valence-corrected chi connectivity index (χ3v) is 4.22. The number of hydrogen-bond acceptors (Lipinski definition) is 2. The number of aryl methyl sites for hydroxylation is 1. The predicted octanol–water partition coefficient (Wildman–Crippen LogP) is 5.33. The third kappa shape index (κ3) is 3.06. The molecule has 0 unspecified atom stereocenters. The Kier molecular flexibility index (Phi) is 4.67. The molecule has 1 heterocycles. The van der Waals surface area contributed by atoms with E-state index in [4.69, 9.17) is 16.3 Å². The highest BCUT2D eigenvalue weighted by Crippen LogP contribution is 2.29. The van der Waals surface area contributed by atoms with Crippen LogP contribution in [0.5, 0.6) is 5.75 Å². The summed E-state index contributed by atoms with van der Waals surface area (Å²) in [6.45, 7) is 4.21. The van der Waals surface area contributed by atoms with Gasteiger partial charge in [-0.1, -0.05) is 19.1 Å². The predicted molar refractivity (Wildman–Crippen MR) is 78.7 cm³/mol. The first-order valence-electron chi connectivity index (χ1n) is 6.10. The Hall–Kier alpha value is -0.990. The average molecular weight is 281 g/mol. The van der Waals surface area contributed by atoms with Gasteiger partial charge in [0.05, 0.1) is 0 Å². The normalized spacial score (nSPS) is 12.4. The number of benzene rings is 1. The summed E-state index contributed by atoms with van der Waals surface area (Å²) in [5.41, 5.74) is 2.34. The Bertz CT molecular complexity index is 493. The van der Waals surface area contributed by atoms with E-state index in [0.29, 0.717) is 5.88 Å². The van der Waals surface area contributed by atoms with Gasteiger partial charge in [0.1, 0.15) is 11.9 Å². The Labute approximate surface area is 117 Å². The van der Waals surface area contributed by atoms with E-state index >= 15 is 0 Å². The summed E-state index contributed by atoms with van der Waals surface area (Å²) < 4.78 is 6.06. The van der Waals surface area contributed by atoms with Crippen molar-refractivity contribution < 1.29 is 4.74 Å². The van der Waals surface area contributed by atoms with Crippen LogP contribution in [0.2, 0.25) is 0 Å². The van der Waals surface area contributed by atoms with Crippen LogP contribution >= 0.6 is 22.9 Å². The molecule has 0 fully saturated rings. The first-order valence-corrected chi connectivity index (χ1v) is 7.51. The first kappa shape index (κ1) is 13.4. The maximum absolute atomic E-state index is 6.06. The number of hydrogen-bond donors (Lipinski definition) is 0. The smallest absolute Gasteiger partial charge is 0.133 e. The lowest BCUT2D eigenvalue weighted by atomic mass is 10.1. The van der Waals surface area contributed by atoms with Crippen LogP contribution in [0.3, 0.4) is 0 Å². The van der Waals surface area contributed by atoms with Crippen LogP contribution in [-0.2, 0) is 5.88 Å². The summed E-state index contributed by atoms with van der Waals surface area (Å²) in [5.74, 6) is 1.47. The van der Waals surface area contributed by atoms with Crippen molar-refractivity contribution in [2.24, 2.45) is 0 Å². The Morgan fingerprint density at radius 1 is 1.33 bits per heavy atom. The zero-order chi connectivity index (χ0) is 13.0. The highest BCUT2D eigenvalue weighted by Gasteiger charge is 2.12. The summed E-state index contributed by atoms with van der Waals surface area (Å²) in [6.07, 6.45) is 1.11. The number of thiophene rings is 1. The van der Waals surface area contributed by atoms with Gasteiger partial charge >= 0.3 is 0 Å². The number of halogens is 1. The van der Waals surface area contributed by atoms with Crippen LogP contribution in [-0.4, -0.2) is 0 Å². The minimum Gasteiger partial charge on any atom is -0.485 e. The lowest BCUT2D eigenvalue weighted by Gasteiger charge is -2.17. The van der Waals surface area contributed by atoms with Gasteiger partial charge in [0.25, 0.3) is 0 Å². The second-order valence-electron chi connectivity index (χ2n) is 4.25. The van der Waals surface area contributed by atoms with E-state index in [1.165, 1.54) is 10.4 Å². The van der Waals surface area contributed by atoms with Crippen molar-refractivity contribution in [3.8, 4) is 5.75 Å². The quantitative estimate of drug-likeness (QED) is 0.673. The molecule has 2 aromatic rings. The fourth-order valence-electron chi connectivity index (χ4n) is 1.87. The van der Waals surface area contributed by atoms with E-state index in [9.17, 15) is 0 Å². The van der Waals surface area contributed by atoms with Gasteiger partial charge in [-0.2, -0.15) is 0 Å². The molecule has 1 atom stereocenters. The lowest BCUT2D eigenvalue weighted by Crippen LogP contribution is -2.04. The maximum Gasteiger partial charge on any atom is 0.133 e. The molecule has 0 N–H and O–H groups in total. The zero-order valence-corrected chi connectivity index (χ0v) is 12.2. The largest absolute Gasteiger partial charge is 0.485 e. The van der Waals surface area contributed by atoms with Gasteiger partial charge < -0.3 is 4.74 Å². The summed E-state index contributed by atoms with van der Waals surface area (Å²) in [7, 11) is 0. The van der Waals surface area contributed by atoms with Crippen molar-refractivity contribution in [2.75, 3.05) is 0 Å². The van der Waals surface area contributed by atoms with E-state index < -0.39 is 0 Å². The van der Waals surface area contributed by atoms with E-state index in [-0.39, 0.29) is 6.10 Å². The van der Waals surface area contributed by atoms with Crippen molar-refractivity contribution in [3.63, 3.8) is 0 Å². The van der Waals surface area contributed by atoms with Gasteiger partial charge in [0.2, 0.25) is 0 Å². The average Bonchev–Trinajstić information content (AvgIpc) is 2.90. The van der Waals surface area contributed by atoms with Crippen molar-refractivity contribution in [2.45, 2.75) is 32.3 Å². The Balaban J connectivity index is 2.15. The van der Waals surface area contributed by atoms with Crippen LogP contribution in [0.1, 0.15) is 35.5 Å². The molecule has 0 amide bonds. The molecule has 0 saturated carbocycles. The topological polar surface area (TPSA) is 9.23 Å². The van der Waals surface area contributed by atoms with Crippen molar-refractivity contribution in [1.29, 1.82) is 0 Å². The van der Waals surface area contributed by atoms with Crippen molar-refractivity contribution in [3.05, 3.63) is 51.7 Å². The molecule has 0 saturated heterocycles. The highest BCUT2D eigenvalue weighted by molar-refractivity contribution is 7.10. The number of ether oxygens (including phenoxy) is 1. The van der Waals surface area contributed by atoms with Gasteiger partial charge in [-0.15, -0.1) is 22.9 Å². The molecular formula is C15H17ClOS. The van der Waals surface area contributed by atoms with Crippen LogP contribution in [0.25, 0.3) is 0 Å². The molecule has 96 valence electrons. The molecule has 0 aliphatic rings. The Morgan fingerprint density at radius 3 is 2.72 bits per heavy atom. The molecule has 18 heavy (non-hydrogen) atoms. The van der Waals surface area contributed by atoms with Crippen LogP contribution in [0, 0.1) is 6.92 Å². The minimum absolute atomic E-state index is 0.145. The van der Waals surface area contributed by atoms with Gasteiger partial charge in [-0.25, -0.2) is 0 Å². The second kappa shape index (κ2) is 6.26. The standard InChI is InChI=1S/C15H17ClOS/c1-3-14(15-5-4-8-18-15)17-13-7-6-12(10-16)11(2)9-13/h4-9,14H,3,10H2,1-2H3/t14-/m0/s1. The van der Waals surface area contributed by atoms with Crippen molar-refractivity contribution in [1.82, 2.24) is 0 Å². The zero-order valence-electron chi connectivity index (χ0n) is 10.7. The number of rotatable bonds is 5. The van der Waals surface area contributed by atoms with Gasteiger partial charge in [0, 0.05) is 10.8 Å². The molecule has 2 rings (SSSR count). The summed E-state index contributed by atoms with van der Waals surface area (Å²) in [4.78, 5) is 1.27. The van der Waals surface area contributed by atoms with Crippen LogP contribution < -0.4 is 4.74 Å². The van der Waals surface area contributed by atoms with Crippen LogP contribution in [0.4, 0.5) is 0 Å². The summed E-state index contributed by atoms with van der Waals surface area (Å²) in [5, 5.41) is 2.09. The van der Waals surface area contributed by atoms with Gasteiger partial charge in [-0.05, 0) is 48.1 Å². The fraction of sp³-hybridized carbons (Fsp3) is 0.333. The van der Waals surface area contributed by atoms with Crippen LogP contribution in [0.15, 0.2) is 35.7 Å². The maximum atomic E-state index is 6.06. The van der Waals surface area contributed by atoms with E-state index in [2.05, 4.69) is 37.4 Å². The van der Waals surface area contributed by atoms with E-state index in [1.807, 2.05) is 12.1 Å². The highest BCUT2D eigenvalue weighted by atomic mass is 35.5. The van der Waals surface area contributed by atoms with Gasteiger partial charge in [-0.3, -0.25) is 0 Å². The molecule has 0 radical (unpaired) electrons. The monoisotopic (exact) mass is 280 g/mol. The molecule has 1 nitrogen and oxygen atoms in total. The summed E-state index contributed by atoms with van der Waals surface area (Å²) >= 11 is 7.60. The van der Waals surface area contributed by atoms with Gasteiger partial charge in [0.15, 0.2) is 0 Å².